The number of aromatic nitrogens is 1. The first-order chi connectivity index (χ1) is 9.08. The zero-order valence-electron chi connectivity index (χ0n) is 9.62. The summed E-state index contributed by atoms with van der Waals surface area (Å²) in [6.07, 6.45) is -0.179. The lowest BCUT2D eigenvalue weighted by molar-refractivity contribution is -0.115. The first-order valence-corrected chi connectivity index (χ1v) is 6.74. The number of anilines is 1. The van der Waals surface area contributed by atoms with Gasteiger partial charge in [0.2, 0.25) is 5.91 Å². The molecule has 1 heterocycles. The Morgan fingerprint density at radius 1 is 1.42 bits per heavy atom. The second-order valence-corrected chi connectivity index (χ2v) is 4.86. The van der Waals surface area contributed by atoms with Gasteiger partial charge in [-0.3, -0.25) is 4.79 Å². The summed E-state index contributed by atoms with van der Waals surface area (Å²) in [4.78, 5) is 15.7. The minimum Gasteiger partial charge on any atom is -0.302 e. The molecule has 1 amide bonds. The number of hydrogen-bond donors (Lipinski definition) is 1. The largest absolute Gasteiger partial charge is 0.302 e. The van der Waals surface area contributed by atoms with Crippen molar-refractivity contribution < 1.29 is 13.6 Å². The van der Waals surface area contributed by atoms with Crippen LogP contribution in [0.2, 0.25) is 0 Å². The molecular weight excluding hydrogens is 294 g/mol. The van der Waals surface area contributed by atoms with E-state index in [4.69, 9.17) is 11.6 Å². The van der Waals surface area contributed by atoms with Gasteiger partial charge in [0.15, 0.2) is 5.13 Å². The second kappa shape index (κ2) is 6.08. The predicted molar refractivity (Wildman–Crippen MR) is 70.4 cm³/mol. The summed E-state index contributed by atoms with van der Waals surface area (Å²) >= 11 is 6.83. The maximum Gasteiger partial charge on any atom is 0.230 e. The van der Waals surface area contributed by atoms with Gasteiger partial charge in [0, 0.05) is 11.4 Å². The van der Waals surface area contributed by atoms with Crippen LogP contribution in [-0.2, 0) is 17.1 Å². The zero-order chi connectivity index (χ0) is 13.8. The molecule has 0 aliphatic rings. The molecule has 2 rings (SSSR count). The molecule has 0 saturated carbocycles. The van der Waals surface area contributed by atoms with E-state index in [9.17, 15) is 13.6 Å². The maximum absolute atomic E-state index is 13.4. The number of halogens is 3. The zero-order valence-corrected chi connectivity index (χ0v) is 11.2. The quantitative estimate of drug-likeness (QED) is 0.880. The van der Waals surface area contributed by atoms with Crippen molar-refractivity contribution in [3.05, 3.63) is 46.5 Å². The third-order valence-electron chi connectivity index (χ3n) is 2.30. The van der Waals surface area contributed by atoms with Crippen LogP contribution in [0.5, 0.6) is 0 Å². The van der Waals surface area contributed by atoms with Gasteiger partial charge in [0.25, 0.3) is 0 Å². The molecule has 2 aromatic rings. The Labute approximate surface area is 117 Å². The lowest BCUT2D eigenvalue weighted by Crippen LogP contribution is -2.15. The van der Waals surface area contributed by atoms with Crippen LogP contribution in [0.4, 0.5) is 13.9 Å². The van der Waals surface area contributed by atoms with E-state index in [1.165, 1.54) is 17.4 Å². The van der Waals surface area contributed by atoms with Crippen molar-refractivity contribution in [2.24, 2.45) is 0 Å². The maximum atomic E-state index is 13.4. The number of amides is 1. The molecule has 0 atom stereocenters. The molecule has 0 spiro atoms. The number of thiazole rings is 1. The summed E-state index contributed by atoms with van der Waals surface area (Å²) in [5, 5.41) is 4.67. The monoisotopic (exact) mass is 302 g/mol. The first kappa shape index (κ1) is 13.9. The molecule has 1 N–H and O–H groups in total. The molecule has 0 unspecified atom stereocenters. The summed E-state index contributed by atoms with van der Waals surface area (Å²) < 4.78 is 26.1. The molecule has 0 saturated heterocycles. The van der Waals surface area contributed by atoms with Crippen molar-refractivity contribution in [3.8, 4) is 0 Å². The molecule has 0 radical (unpaired) electrons. The van der Waals surface area contributed by atoms with Gasteiger partial charge >= 0.3 is 0 Å². The number of nitrogens with zero attached hydrogens (tertiary/aromatic N) is 1. The lowest BCUT2D eigenvalue weighted by atomic mass is 10.1. The Kier molecular flexibility index (Phi) is 4.44. The highest BCUT2D eigenvalue weighted by atomic mass is 35.5. The smallest absolute Gasteiger partial charge is 0.230 e. The average molecular weight is 303 g/mol. The van der Waals surface area contributed by atoms with Crippen molar-refractivity contribution in [2.45, 2.75) is 12.3 Å². The number of hydrogen-bond acceptors (Lipinski definition) is 3. The van der Waals surface area contributed by atoms with E-state index in [0.29, 0.717) is 10.8 Å². The van der Waals surface area contributed by atoms with Crippen LogP contribution in [0.25, 0.3) is 0 Å². The van der Waals surface area contributed by atoms with E-state index in [1.807, 2.05) is 0 Å². The Balaban J connectivity index is 2.01. The van der Waals surface area contributed by atoms with E-state index in [2.05, 4.69) is 10.3 Å². The number of nitrogens with one attached hydrogen (secondary N) is 1. The van der Waals surface area contributed by atoms with Gasteiger partial charge in [-0.15, -0.1) is 22.9 Å². The predicted octanol–water partition coefficient (Wildman–Crippen LogP) is 3.34. The summed E-state index contributed by atoms with van der Waals surface area (Å²) in [7, 11) is 0. The lowest BCUT2D eigenvalue weighted by Gasteiger charge is -2.03. The molecule has 19 heavy (non-hydrogen) atoms. The minimum absolute atomic E-state index is 0.132. The molecule has 1 aromatic carbocycles. The van der Waals surface area contributed by atoms with Crippen molar-refractivity contribution in [1.29, 1.82) is 0 Å². The molecule has 3 nitrogen and oxygen atoms in total. The first-order valence-electron chi connectivity index (χ1n) is 5.32. The highest BCUT2D eigenvalue weighted by Gasteiger charge is 2.11. The third-order valence-corrected chi connectivity index (χ3v) is 3.38. The van der Waals surface area contributed by atoms with E-state index in [0.717, 1.165) is 12.1 Å². The highest BCUT2D eigenvalue weighted by molar-refractivity contribution is 7.13. The van der Waals surface area contributed by atoms with Crippen LogP contribution in [0.1, 0.15) is 11.3 Å². The van der Waals surface area contributed by atoms with Gasteiger partial charge < -0.3 is 5.32 Å². The fourth-order valence-electron chi connectivity index (χ4n) is 1.43. The van der Waals surface area contributed by atoms with Crippen LogP contribution in [0.3, 0.4) is 0 Å². The second-order valence-electron chi connectivity index (χ2n) is 3.74. The summed E-state index contributed by atoms with van der Waals surface area (Å²) in [5.74, 6) is -1.57. The number of carbonyl (C=O) groups is 1. The summed E-state index contributed by atoms with van der Waals surface area (Å²) in [6, 6.07) is 3.11. The molecule has 0 aliphatic carbocycles. The number of benzene rings is 1. The SMILES string of the molecule is O=C(Cc1ccc(F)cc1F)Nc1nc(CCl)cs1. The van der Waals surface area contributed by atoms with Gasteiger partial charge in [-0.05, 0) is 11.6 Å². The highest BCUT2D eigenvalue weighted by Crippen LogP contribution is 2.17. The van der Waals surface area contributed by atoms with E-state index in [1.54, 1.807) is 5.38 Å². The van der Waals surface area contributed by atoms with E-state index < -0.39 is 17.5 Å². The normalized spacial score (nSPS) is 10.5. The molecule has 7 heteroatoms. The molecule has 0 bridgehead atoms. The van der Waals surface area contributed by atoms with E-state index >= 15 is 0 Å². The van der Waals surface area contributed by atoms with Crippen LogP contribution in [0, 0.1) is 11.6 Å². The summed E-state index contributed by atoms with van der Waals surface area (Å²) in [5.41, 5.74) is 0.794. The molecule has 0 fully saturated rings. The summed E-state index contributed by atoms with van der Waals surface area (Å²) in [6.45, 7) is 0. The van der Waals surface area contributed by atoms with E-state index in [-0.39, 0.29) is 17.9 Å². The van der Waals surface area contributed by atoms with Crippen molar-refractivity contribution in [2.75, 3.05) is 5.32 Å². The Hall–Kier alpha value is -1.53. The fourth-order valence-corrected chi connectivity index (χ4v) is 2.38. The van der Waals surface area contributed by atoms with Crippen LogP contribution in [0.15, 0.2) is 23.6 Å². The van der Waals surface area contributed by atoms with Crippen molar-refractivity contribution in [3.63, 3.8) is 0 Å². The Morgan fingerprint density at radius 3 is 2.84 bits per heavy atom. The van der Waals surface area contributed by atoms with Crippen LogP contribution < -0.4 is 5.32 Å². The number of carbonyl (C=O) groups excluding carboxylic acids is 1. The van der Waals surface area contributed by atoms with Gasteiger partial charge in [0.05, 0.1) is 18.0 Å². The number of rotatable bonds is 4. The standard InChI is InChI=1S/C12H9ClF2N2OS/c13-5-9-6-19-12(16-9)17-11(18)3-7-1-2-8(14)4-10(7)15/h1-2,4,6H,3,5H2,(H,16,17,18). The van der Waals surface area contributed by atoms with Crippen LogP contribution in [-0.4, -0.2) is 10.9 Å². The van der Waals surface area contributed by atoms with Gasteiger partial charge in [0.1, 0.15) is 11.6 Å². The Morgan fingerprint density at radius 2 is 2.21 bits per heavy atom. The van der Waals surface area contributed by atoms with Gasteiger partial charge in [-0.25, -0.2) is 13.8 Å². The minimum atomic E-state index is -0.740. The van der Waals surface area contributed by atoms with Crippen molar-refractivity contribution >= 4 is 34.0 Å². The molecule has 1 aromatic heterocycles. The fraction of sp³-hybridized carbons (Fsp3) is 0.167. The molecule has 0 aliphatic heterocycles. The van der Waals surface area contributed by atoms with Gasteiger partial charge in [-0.2, -0.15) is 0 Å². The van der Waals surface area contributed by atoms with Crippen molar-refractivity contribution in [1.82, 2.24) is 4.98 Å². The van der Waals surface area contributed by atoms with Crippen LogP contribution >= 0.6 is 22.9 Å². The molecule has 100 valence electrons. The number of alkyl halides is 1. The average Bonchev–Trinajstić information content (AvgIpc) is 2.80. The topological polar surface area (TPSA) is 42.0 Å². The molecular formula is C12H9ClF2N2OS. The Bertz CT molecular complexity index is 603. The van der Waals surface area contributed by atoms with Gasteiger partial charge in [-0.1, -0.05) is 6.07 Å². The third kappa shape index (κ3) is 3.71.